The predicted octanol–water partition coefficient (Wildman–Crippen LogP) is 2.96. The molecule has 0 radical (unpaired) electrons. The van der Waals surface area contributed by atoms with Crippen molar-refractivity contribution in [1.82, 2.24) is 10.2 Å². The Morgan fingerprint density at radius 1 is 1.06 bits per heavy atom. The van der Waals surface area contributed by atoms with Crippen LogP contribution < -0.4 is 5.32 Å². The Labute approximate surface area is 106 Å². The second-order valence-corrected chi connectivity index (χ2v) is 4.31. The first kappa shape index (κ1) is 12.1. The molecular weight excluding hydrogens is 224 g/mol. The summed E-state index contributed by atoms with van der Waals surface area (Å²) in [6.45, 7) is 6.21. The number of nitrogens with zero attached hydrogens (tertiary/aromatic N) is 3. The average molecular weight is 238 g/mol. The molecular formula is C14H14N4. The highest BCUT2D eigenvalue weighted by Gasteiger charge is 2.08. The summed E-state index contributed by atoms with van der Waals surface area (Å²) in [6, 6.07) is 7.89. The molecule has 0 atom stereocenters. The van der Waals surface area contributed by atoms with Crippen LogP contribution in [0, 0.1) is 32.2 Å². The van der Waals surface area contributed by atoms with Crippen molar-refractivity contribution in [3.05, 3.63) is 41.0 Å². The maximum absolute atomic E-state index is 8.50. The number of aromatic nitrogens is 2. The van der Waals surface area contributed by atoms with Crippen molar-refractivity contribution < 1.29 is 0 Å². The minimum absolute atomic E-state index is 0.462. The van der Waals surface area contributed by atoms with Gasteiger partial charge >= 0.3 is 0 Å². The summed E-state index contributed by atoms with van der Waals surface area (Å²) in [4.78, 5) is 0. The Morgan fingerprint density at radius 2 is 1.72 bits per heavy atom. The van der Waals surface area contributed by atoms with Gasteiger partial charge in [-0.25, -0.2) is 0 Å². The van der Waals surface area contributed by atoms with E-state index in [2.05, 4.69) is 48.4 Å². The molecule has 0 amide bonds. The molecule has 2 aromatic rings. The van der Waals surface area contributed by atoms with E-state index in [-0.39, 0.29) is 0 Å². The third-order valence-electron chi connectivity index (χ3n) is 2.78. The van der Waals surface area contributed by atoms with E-state index in [1.165, 1.54) is 16.7 Å². The van der Waals surface area contributed by atoms with Crippen LogP contribution in [0.5, 0.6) is 0 Å². The summed E-state index contributed by atoms with van der Waals surface area (Å²) < 4.78 is 0. The normalized spacial score (nSPS) is 9.89. The van der Waals surface area contributed by atoms with Gasteiger partial charge in [-0.1, -0.05) is 17.7 Å². The zero-order valence-corrected chi connectivity index (χ0v) is 10.7. The first-order valence-electron chi connectivity index (χ1n) is 5.69. The van der Waals surface area contributed by atoms with Crippen LogP contribution in [0.15, 0.2) is 24.3 Å². The molecule has 0 aliphatic carbocycles. The molecule has 0 aliphatic heterocycles. The van der Waals surface area contributed by atoms with E-state index in [4.69, 9.17) is 5.26 Å². The number of benzene rings is 1. The first-order chi connectivity index (χ1) is 8.61. The van der Waals surface area contributed by atoms with Crippen LogP contribution in [0.4, 0.5) is 5.82 Å². The molecule has 1 heterocycles. The van der Waals surface area contributed by atoms with Crippen molar-refractivity contribution in [2.75, 3.05) is 5.32 Å². The third-order valence-corrected chi connectivity index (χ3v) is 2.78. The molecule has 1 aromatic carbocycles. The number of rotatable bonds is 2. The van der Waals surface area contributed by atoms with Gasteiger partial charge in [-0.2, -0.15) is 5.26 Å². The van der Waals surface area contributed by atoms with Crippen LogP contribution in [-0.2, 0) is 0 Å². The third kappa shape index (κ3) is 2.30. The first-order valence-corrected chi connectivity index (χ1v) is 5.69. The van der Waals surface area contributed by atoms with E-state index in [1.54, 1.807) is 6.07 Å². The summed E-state index contributed by atoms with van der Waals surface area (Å²) in [5.74, 6) is 0.462. The monoisotopic (exact) mass is 238 g/mol. The summed E-state index contributed by atoms with van der Waals surface area (Å²) in [6.07, 6.45) is 1.82. The second-order valence-electron chi connectivity index (χ2n) is 4.31. The van der Waals surface area contributed by atoms with Crippen molar-refractivity contribution in [2.45, 2.75) is 20.8 Å². The van der Waals surface area contributed by atoms with Gasteiger partial charge in [-0.05, 0) is 44.0 Å². The lowest BCUT2D eigenvalue weighted by Crippen LogP contribution is -1.97. The summed E-state index contributed by atoms with van der Waals surface area (Å²) >= 11 is 0. The summed E-state index contributed by atoms with van der Waals surface area (Å²) in [5.41, 5.74) is 5.54. The Morgan fingerprint density at radius 3 is 2.22 bits per heavy atom. The van der Waals surface area contributed by atoms with Gasteiger partial charge < -0.3 is 0 Å². The molecule has 0 spiro atoms. The van der Waals surface area contributed by atoms with Gasteiger partial charge in [-0.3, -0.25) is 5.32 Å². The maximum atomic E-state index is 8.50. The fraction of sp³-hybridized carbons (Fsp3) is 0.214. The standard InChI is InChI=1S/C14H14N4/c1-9-6-10(2)14(11(3)7-9)12-4-5-13(16-8-15)18-17-12/h4-7H,1-3H3,(H,16,18). The fourth-order valence-electron chi connectivity index (χ4n) is 2.17. The Hall–Kier alpha value is -2.41. The molecule has 0 fully saturated rings. The minimum Gasteiger partial charge on any atom is -0.275 e. The highest BCUT2D eigenvalue weighted by Crippen LogP contribution is 2.26. The van der Waals surface area contributed by atoms with Crippen LogP contribution >= 0.6 is 0 Å². The van der Waals surface area contributed by atoms with Crippen LogP contribution in [0.2, 0.25) is 0 Å². The van der Waals surface area contributed by atoms with Gasteiger partial charge in [0.25, 0.3) is 0 Å². The van der Waals surface area contributed by atoms with Crippen molar-refractivity contribution >= 4 is 5.82 Å². The molecule has 4 nitrogen and oxygen atoms in total. The van der Waals surface area contributed by atoms with E-state index >= 15 is 0 Å². The number of aryl methyl sites for hydroxylation is 3. The van der Waals surface area contributed by atoms with Crippen LogP contribution in [0.1, 0.15) is 16.7 Å². The highest BCUT2D eigenvalue weighted by atomic mass is 15.2. The zero-order valence-electron chi connectivity index (χ0n) is 10.7. The van der Waals surface area contributed by atoms with E-state index < -0.39 is 0 Å². The number of anilines is 1. The van der Waals surface area contributed by atoms with Crippen LogP contribution in [-0.4, -0.2) is 10.2 Å². The van der Waals surface area contributed by atoms with Crippen molar-refractivity contribution in [2.24, 2.45) is 0 Å². The minimum atomic E-state index is 0.462. The van der Waals surface area contributed by atoms with E-state index in [0.29, 0.717) is 5.82 Å². The Bertz CT molecular complexity index is 586. The van der Waals surface area contributed by atoms with E-state index in [1.807, 2.05) is 12.3 Å². The van der Waals surface area contributed by atoms with Crippen molar-refractivity contribution in [3.63, 3.8) is 0 Å². The lowest BCUT2D eigenvalue weighted by molar-refractivity contribution is 1.04. The van der Waals surface area contributed by atoms with Gasteiger partial charge in [-0.15, -0.1) is 10.2 Å². The quantitative estimate of drug-likeness (QED) is 0.645. The van der Waals surface area contributed by atoms with Crippen LogP contribution in [0.3, 0.4) is 0 Å². The number of nitrogens with one attached hydrogen (secondary N) is 1. The predicted molar refractivity (Wildman–Crippen MR) is 70.9 cm³/mol. The van der Waals surface area contributed by atoms with Crippen LogP contribution in [0.25, 0.3) is 11.3 Å². The lowest BCUT2D eigenvalue weighted by atomic mass is 9.97. The van der Waals surface area contributed by atoms with Gasteiger partial charge in [0.2, 0.25) is 0 Å². The summed E-state index contributed by atoms with van der Waals surface area (Å²) in [7, 11) is 0. The molecule has 4 heteroatoms. The van der Waals surface area contributed by atoms with Crippen molar-refractivity contribution in [3.8, 4) is 17.5 Å². The largest absolute Gasteiger partial charge is 0.275 e. The average Bonchev–Trinajstić information content (AvgIpc) is 2.30. The lowest BCUT2D eigenvalue weighted by Gasteiger charge is -2.10. The van der Waals surface area contributed by atoms with Gasteiger partial charge in [0.1, 0.15) is 0 Å². The molecule has 1 aromatic heterocycles. The molecule has 2 rings (SSSR count). The topological polar surface area (TPSA) is 61.6 Å². The SMILES string of the molecule is Cc1cc(C)c(-c2ccc(NC#N)nn2)c(C)c1. The van der Waals surface area contributed by atoms with Gasteiger partial charge in [0.05, 0.1) is 5.69 Å². The molecule has 0 unspecified atom stereocenters. The molecule has 0 saturated heterocycles. The van der Waals surface area contributed by atoms with E-state index in [9.17, 15) is 0 Å². The Balaban J connectivity index is 2.46. The molecule has 1 N–H and O–H groups in total. The maximum Gasteiger partial charge on any atom is 0.182 e. The molecule has 90 valence electrons. The fourth-order valence-corrected chi connectivity index (χ4v) is 2.17. The molecule has 18 heavy (non-hydrogen) atoms. The van der Waals surface area contributed by atoms with E-state index in [0.717, 1.165) is 11.3 Å². The Kier molecular flexibility index (Phi) is 3.24. The number of hydrogen-bond acceptors (Lipinski definition) is 4. The number of nitriles is 1. The summed E-state index contributed by atoms with van der Waals surface area (Å²) in [5, 5.41) is 19.1. The molecule has 0 bridgehead atoms. The number of hydrogen-bond donors (Lipinski definition) is 1. The van der Waals surface area contributed by atoms with Crippen molar-refractivity contribution in [1.29, 1.82) is 5.26 Å². The molecule has 0 aliphatic rings. The smallest absolute Gasteiger partial charge is 0.182 e. The molecule has 0 saturated carbocycles. The zero-order chi connectivity index (χ0) is 13.1. The van der Waals surface area contributed by atoms with Gasteiger partial charge in [0, 0.05) is 5.56 Å². The van der Waals surface area contributed by atoms with Gasteiger partial charge in [0.15, 0.2) is 12.0 Å². The highest BCUT2D eigenvalue weighted by molar-refractivity contribution is 5.68. The second kappa shape index (κ2) is 4.84.